The fourth-order valence-electron chi connectivity index (χ4n) is 2.73. The van der Waals surface area contributed by atoms with Crippen molar-refractivity contribution in [1.29, 1.82) is 0 Å². The molecule has 1 aliphatic heterocycles. The Kier molecular flexibility index (Phi) is 4.31. The lowest BCUT2D eigenvalue weighted by Gasteiger charge is -2.33. The fraction of sp³-hybridized carbons (Fsp3) is 0.375. The maximum atomic E-state index is 12.9. The number of anilines is 2. The van der Waals surface area contributed by atoms with Gasteiger partial charge in [0.05, 0.1) is 11.3 Å². The van der Waals surface area contributed by atoms with Crippen LogP contribution in [0.2, 0.25) is 0 Å². The van der Waals surface area contributed by atoms with Crippen LogP contribution in [0.5, 0.6) is 0 Å². The molecule has 0 radical (unpaired) electrons. The number of aromatic nitrogens is 2. The van der Waals surface area contributed by atoms with E-state index >= 15 is 0 Å². The minimum atomic E-state index is -4.40. The van der Waals surface area contributed by atoms with E-state index < -0.39 is 11.7 Å². The molecule has 1 saturated heterocycles. The second kappa shape index (κ2) is 6.27. The van der Waals surface area contributed by atoms with Gasteiger partial charge in [0.1, 0.15) is 12.0 Å². The van der Waals surface area contributed by atoms with Gasteiger partial charge >= 0.3 is 6.18 Å². The van der Waals surface area contributed by atoms with Gasteiger partial charge < -0.3 is 15.5 Å². The molecule has 0 unspecified atom stereocenters. The van der Waals surface area contributed by atoms with E-state index in [9.17, 15) is 13.2 Å². The Morgan fingerprint density at radius 1 is 1.08 bits per heavy atom. The van der Waals surface area contributed by atoms with Crippen LogP contribution in [-0.2, 0) is 6.18 Å². The summed E-state index contributed by atoms with van der Waals surface area (Å²) in [6.07, 6.45) is -3.06. The highest BCUT2D eigenvalue weighted by Crippen LogP contribution is 2.35. The summed E-state index contributed by atoms with van der Waals surface area (Å²) >= 11 is 0. The predicted molar refractivity (Wildman–Crippen MR) is 86.6 cm³/mol. The van der Waals surface area contributed by atoms with Crippen molar-refractivity contribution in [2.24, 2.45) is 0 Å². The van der Waals surface area contributed by atoms with Crippen molar-refractivity contribution in [3.63, 3.8) is 0 Å². The summed E-state index contributed by atoms with van der Waals surface area (Å²) in [5.41, 5.74) is 6.42. The highest BCUT2D eigenvalue weighted by molar-refractivity contribution is 5.81. The summed E-state index contributed by atoms with van der Waals surface area (Å²) in [7, 11) is 2.04. The number of nitrogens with two attached hydrogens (primary N) is 1. The zero-order chi connectivity index (χ0) is 17.3. The first-order chi connectivity index (χ1) is 11.4. The van der Waals surface area contributed by atoms with Crippen LogP contribution in [0.1, 0.15) is 5.56 Å². The van der Waals surface area contributed by atoms with E-state index in [0.29, 0.717) is 22.8 Å². The molecule has 1 fully saturated rings. The molecule has 3 rings (SSSR count). The molecule has 2 heterocycles. The van der Waals surface area contributed by atoms with Gasteiger partial charge in [-0.1, -0.05) is 12.1 Å². The zero-order valence-electron chi connectivity index (χ0n) is 13.2. The molecule has 1 aromatic heterocycles. The first kappa shape index (κ1) is 16.5. The number of likely N-dealkylation sites (N-methyl/N-ethyl adjacent to an activating group) is 1. The first-order valence-corrected chi connectivity index (χ1v) is 7.58. The normalized spacial score (nSPS) is 16.4. The second-order valence-electron chi connectivity index (χ2n) is 5.83. The number of rotatable bonds is 2. The molecule has 1 aliphatic rings. The molecule has 5 nitrogen and oxygen atoms in total. The van der Waals surface area contributed by atoms with E-state index in [0.717, 1.165) is 38.3 Å². The largest absolute Gasteiger partial charge is 0.416 e. The van der Waals surface area contributed by atoms with E-state index in [-0.39, 0.29) is 0 Å². The van der Waals surface area contributed by atoms with Crippen molar-refractivity contribution < 1.29 is 13.2 Å². The quantitative estimate of drug-likeness (QED) is 0.912. The summed E-state index contributed by atoms with van der Waals surface area (Å²) in [5.74, 6) is 0.575. The molecular weight excluding hydrogens is 319 g/mol. The van der Waals surface area contributed by atoms with Crippen molar-refractivity contribution in [3.8, 4) is 11.3 Å². The minimum absolute atomic E-state index is 0.307. The molecule has 2 N–H and O–H groups in total. The number of nitrogens with zero attached hydrogens (tertiary/aromatic N) is 4. The predicted octanol–water partition coefficient (Wildman–Crippen LogP) is 2.50. The third kappa shape index (κ3) is 3.28. The Morgan fingerprint density at radius 2 is 1.79 bits per heavy atom. The second-order valence-corrected chi connectivity index (χ2v) is 5.83. The smallest absolute Gasteiger partial charge is 0.394 e. The van der Waals surface area contributed by atoms with Crippen LogP contribution < -0.4 is 10.6 Å². The Balaban J connectivity index is 1.97. The molecule has 2 aromatic rings. The van der Waals surface area contributed by atoms with Crippen LogP contribution in [0.4, 0.5) is 24.7 Å². The SMILES string of the molecule is CN1CCN(c2ncnc(-c3cccc(C(F)(F)F)c3)c2N)CC1. The van der Waals surface area contributed by atoms with E-state index in [1.807, 2.05) is 11.9 Å². The van der Waals surface area contributed by atoms with E-state index in [4.69, 9.17) is 5.73 Å². The fourth-order valence-corrected chi connectivity index (χ4v) is 2.73. The monoisotopic (exact) mass is 337 g/mol. The molecule has 128 valence electrons. The average Bonchev–Trinajstić information content (AvgIpc) is 2.55. The van der Waals surface area contributed by atoms with Gasteiger partial charge in [-0.15, -0.1) is 0 Å². The molecule has 0 bridgehead atoms. The Labute approximate surface area is 137 Å². The number of benzene rings is 1. The van der Waals surface area contributed by atoms with Crippen LogP contribution in [0.25, 0.3) is 11.3 Å². The van der Waals surface area contributed by atoms with Crippen LogP contribution in [0.15, 0.2) is 30.6 Å². The van der Waals surface area contributed by atoms with Crippen molar-refractivity contribution in [1.82, 2.24) is 14.9 Å². The van der Waals surface area contributed by atoms with E-state index in [2.05, 4.69) is 14.9 Å². The number of alkyl halides is 3. The van der Waals surface area contributed by atoms with Crippen LogP contribution in [0.3, 0.4) is 0 Å². The number of hydrogen-bond acceptors (Lipinski definition) is 5. The Hall–Kier alpha value is -2.35. The highest BCUT2D eigenvalue weighted by Gasteiger charge is 2.31. The number of halogens is 3. The maximum Gasteiger partial charge on any atom is 0.416 e. The molecule has 0 spiro atoms. The van der Waals surface area contributed by atoms with Crippen LogP contribution in [0, 0.1) is 0 Å². The van der Waals surface area contributed by atoms with Crippen LogP contribution in [-0.4, -0.2) is 48.1 Å². The van der Waals surface area contributed by atoms with Gasteiger partial charge in [0.2, 0.25) is 0 Å². The Bertz CT molecular complexity index is 724. The van der Waals surface area contributed by atoms with Crippen molar-refractivity contribution in [2.75, 3.05) is 43.9 Å². The van der Waals surface area contributed by atoms with Crippen molar-refractivity contribution in [2.45, 2.75) is 6.18 Å². The summed E-state index contributed by atoms with van der Waals surface area (Å²) in [4.78, 5) is 12.6. The molecule has 8 heteroatoms. The molecule has 0 amide bonds. The lowest BCUT2D eigenvalue weighted by atomic mass is 10.1. The minimum Gasteiger partial charge on any atom is -0.394 e. The molecular formula is C16H18F3N5. The summed E-state index contributed by atoms with van der Waals surface area (Å²) < 4.78 is 38.7. The third-order valence-corrected chi connectivity index (χ3v) is 4.13. The summed E-state index contributed by atoms with van der Waals surface area (Å²) in [5, 5.41) is 0. The lowest BCUT2D eigenvalue weighted by molar-refractivity contribution is -0.137. The lowest BCUT2D eigenvalue weighted by Crippen LogP contribution is -2.45. The van der Waals surface area contributed by atoms with Gasteiger partial charge in [0, 0.05) is 31.7 Å². The van der Waals surface area contributed by atoms with Gasteiger partial charge in [-0.25, -0.2) is 9.97 Å². The highest BCUT2D eigenvalue weighted by atomic mass is 19.4. The van der Waals surface area contributed by atoms with Crippen LogP contribution >= 0.6 is 0 Å². The molecule has 1 aromatic carbocycles. The Morgan fingerprint density at radius 3 is 2.46 bits per heavy atom. The van der Waals surface area contributed by atoms with Gasteiger partial charge in [0.25, 0.3) is 0 Å². The third-order valence-electron chi connectivity index (χ3n) is 4.13. The zero-order valence-corrected chi connectivity index (χ0v) is 13.2. The average molecular weight is 337 g/mol. The van der Waals surface area contributed by atoms with Gasteiger partial charge in [-0.3, -0.25) is 0 Å². The number of piperazine rings is 1. The molecule has 0 saturated carbocycles. The molecule has 0 atom stereocenters. The number of nitrogen functional groups attached to an aromatic ring is 1. The summed E-state index contributed by atoms with van der Waals surface area (Å²) in [6.45, 7) is 3.28. The van der Waals surface area contributed by atoms with Gasteiger partial charge in [0.15, 0.2) is 5.82 Å². The van der Waals surface area contributed by atoms with Gasteiger partial charge in [-0.2, -0.15) is 13.2 Å². The van der Waals surface area contributed by atoms with Gasteiger partial charge in [-0.05, 0) is 19.2 Å². The maximum absolute atomic E-state index is 12.9. The van der Waals surface area contributed by atoms with Crippen molar-refractivity contribution in [3.05, 3.63) is 36.2 Å². The first-order valence-electron chi connectivity index (χ1n) is 7.58. The van der Waals surface area contributed by atoms with Crippen molar-refractivity contribution >= 4 is 11.5 Å². The molecule has 24 heavy (non-hydrogen) atoms. The standard InChI is InChI=1S/C16H18F3N5/c1-23-5-7-24(8-6-23)15-13(20)14(21-10-22-15)11-3-2-4-12(9-11)16(17,18)19/h2-4,9-10H,5-8,20H2,1H3. The van der Waals surface area contributed by atoms with E-state index in [1.165, 1.54) is 12.4 Å². The summed E-state index contributed by atoms with van der Waals surface area (Å²) in [6, 6.07) is 5.02. The van der Waals surface area contributed by atoms with E-state index in [1.54, 1.807) is 6.07 Å². The number of hydrogen-bond donors (Lipinski definition) is 1. The topological polar surface area (TPSA) is 58.3 Å². The molecule has 0 aliphatic carbocycles.